The van der Waals surface area contributed by atoms with E-state index in [2.05, 4.69) is 15.6 Å². The molecule has 2 aromatic rings. The topological polar surface area (TPSA) is 54.0 Å². The van der Waals surface area contributed by atoms with Gasteiger partial charge in [-0.1, -0.05) is 43.1 Å². The Kier molecular flexibility index (Phi) is 5.63. The Morgan fingerprint density at radius 1 is 1.23 bits per heavy atom. The van der Waals surface area contributed by atoms with E-state index >= 15 is 0 Å². The number of nitrogens with one attached hydrogen (secondary N) is 2. The van der Waals surface area contributed by atoms with Gasteiger partial charge in [0.2, 0.25) is 0 Å². The van der Waals surface area contributed by atoms with Crippen LogP contribution in [0.1, 0.15) is 24.2 Å². The van der Waals surface area contributed by atoms with Crippen molar-refractivity contribution in [2.24, 2.45) is 5.92 Å². The summed E-state index contributed by atoms with van der Waals surface area (Å²) in [7, 11) is 0. The number of carbonyl (C=O) groups excluding carboxylic acids is 1. The van der Waals surface area contributed by atoms with Crippen molar-refractivity contribution in [3.63, 3.8) is 0 Å². The molecule has 0 saturated carbocycles. The lowest BCUT2D eigenvalue weighted by molar-refractivity contribution is 0.0948. The molecule has 116 valence electrons. The number of hydrogen-bond acceptors (Lipinski definition) is 3. The standard InChI is InChI=1S/C16H17Cl2N3O/c1-10(2)7-20-16(22)11-6-12(9-19-8-11)21-15-13(17)4-3-5-14(15)18/h3-6,8-10,21H,7H2,1-2H3,(H,20,22). The maximum absolute atomic E-state index is 12.1. The number of rotatable bonds is 5. The highest BCUT2D eigenvalue weighted by atomic mass is 35.5. The van der Waals surface area contributed by atoms with Gasteiger partial charge in [-0.2, -0.15) is 0 Å². The lowest BCUT2D eigenvalue weighted by atomic mass is 10.2. The van der Waals surface area contributed by atoms with E-state index in [1.54, 1.807) is 30.5 Å². The van der Waals surface area contributed by atoms with E-state index in [4.69, 9.17) is 23.2 Å². The third-order valence-corrected chi connectivity index (χ3v) is 3.53. The molecule has 1 heterocycles. The summed E-state index contributed by atoms with van der Waals surface area (Å²) in [6.45, 7) is 4.69. The molecule has 0 unspecified atom stereocenters. The van der Waals surface area contributed by atoms with Crippen LogP contribution < -0.4 is 10.6 Å². The van der Waals surface area contributed by atoms with Crippen molar-refractivity contribution >= 4 is 40.5 Å². The highest BCUT2D eigenvalue weighted by molar-refractivity contribution is 6.39. The van der Waals surface area contributed by atoms with Crippen LogP contribution in [0.2, 0.25) is 10.0 Å². The van der Waals surface area contributed by atoms with Crippen molar-refractivity contribution in [2.45, 2.75) is 13.8 Å². The second-order valence-electron chi connectivity index (χ2n) is 5.29. The van der Waals surface area contributed by atoms with Crippen LogP contribution >= 0.6 is 23.2 Å². The highest BCUT2D eigenvalue weighted by Crippen LogP contribution is 2.32. The van der Waals surface area contributed by atoms with Gasteiger partial charge in [0.15, 0.2) is 0 Å². The van der Waals surface area contributed by atoms with Gasteiger partial charge in [-0.05, 0) is 24.1 Å². The first kappa shape index (κ1) is 16.6. The minimum atomic E-state index is -0.157. The zero-order chi connectivity index (χ0) is 16.1. The number of para-hydroxylation sites is 1. The average molecular weight is 338 g/mol. The molecule has 0 aliphatic rings. The van der Waals surface area contributed by atoms with E-state index in [9.17, 15) is 4.79 Å². The van der Waals surface area contributed by atoms with Crippen molar-refractivity contribution < 1.29 is 4.79 Å². The van der Waals surface area contributed by atoms with Gasteiger partial charge < -0.3 is 10.6 Å². The van der Waals surface area contributed by atoms with Crippen molar-refractivity contribution in [3.05, 3.63) is 52.3 Å². The number of pyridine rings is 1. The molecule has 6 heteroatoms. The smallest absolute Gasteiger partial charge is 0.252 e. The van der Waals surface area contributed by atoms with E-state index < -0.39 is 0 Å². The molecule has 1 amide bonds. The van der Waals surface area contributed by atoms with Crippen molar-refractivity contribution in [1.82, 2.24) is 10.3 Å². The molecule has 0 spiro atoms. The Balaban J connectivity index is 2.17. The second kappa shape index (κ2) is 7.47. The Morgan fingerprint density at radius 2 is 1.91 bits per heavy atom. The summed E-state index contributed by atoms with van der Waals surface area (Å²) in [5, 5.41) is 6.95. The molecule has 0 atom stereocenters. The van der Waals surface area contributed by atoms with Crippen molar-refractivity contribution in [2.75, 3.05) is 11.9 Å². The van der Waals surface area contributed by atoms with E-state index in [0.29, 0.717) is 39.4 Å². The van der Waals surface area contributed by atoms with Crippen molar-refractivity contribution in [1.29, 1.82) is 0 Å². The zero-order valence-electron chi connectivity index (χ0n) is 12.4. The number of halogens is 2. The highest BCUT2D eigenvalue weighted by Gasteiger charge is 2.10. The molecule has 0 bridgehead atoms. The van der Waals surface area contributed by atoms with E-state index in [1.165, 1.54) is 6.20 Å². The molecule has 1 aromatic heterocycles. The minimum Gasteiger partial charge on any atom is -0.352 e. The number of nitrogens with zero attached hydrogens (tertiary/aromatic N) is 1. The molecule has 22 heavy (non-hydrogen) atoms. The predicted octanol–water partition coefficient (Wildman–Crippen LogP) is 4.52. The van der Waals surface area contributed by atoms with Gasteiger partial charge in [0.05, 0.1) is 33.2 Å². The predicted molar refractivity (Wildman–Crippen MR) is 91.2 cm³/mol. The molecule has 0 aliphatic carbocycles. The number of amides is 1. The monoisotopic (exact) mass is 337 g/mol. The fourth-order valence-corrected chi connectivity index (χ4v) is 2.28. The zero-order valence-corrected chi connectivity index (χ0v) is 13.9. The van der Waals surface area contributed by atoms with E-state index in [0.717, 1.165) is 0 Å². The van der Waals surface area contributed by atoms with Crippen LogP contribution in [0.4, 0.5) is 11.4 Å². The molecule has 0 fully saturated rings. The van der Waals surface area contributed by atoms with Gasteiger partial charge >= 0.3 is 0 Å². The average Bonchev–Trinajstić information content (AvgIpc) is 2.49. The van der Waals surface area contributed by atoms with Gasteiger partial charge in [0, 0.05) is 12.7 Å². The summed E-state index contributed by atoms with van der Waals surface area (Å²) in [6, 6.07) is 6.96. The maximum atomic E-state index is 12.1. The molecule has 0 saturated heterocycles. The maximum Gasteiger partial charge on any atom is 0.252 e. The fraction of sp³-hybridized carbons (Fsp3) is 0.250. The quantitative estimate of drug-likeness (QED) is 0.843. The molecule has 4 nitrogen and oxygen atoms in total. The third kappa shape index (κ3) is 4.36. The number of anilines is 2. The third-order valence-electron chi connectivity index (χ3n) is 2.90. The first-order valence-corrected chi connectivity index (χ1v) is 7.67. The summed E-state index contributed by atoms with van der Waals surface area (Å²) in [6.07, 6.45) is 3.13. The summed E-state index contributed by atoms with van der Waals surface area (Å²) in [4.78, 5) is 16.1. The number of benzene rings is 1. The van der Waals surface area contributed by atoms with Gasteiger partial charge in [-0.15, -0.1) is 0 Å². The SMILES string of the molecule is CC(C)CNC(=O)c1cncc(Nc2c(Cl)cccc2Cl)c1. The molecular formula is C16H17Cl2N3O. The summed E-state index contributed by atoms with van der Waals surface area (Å²) >= 11 is 12.2. The Labute approximate surface area is 139 Å². The summed E-state index contributed by atoms with van der Waals surface area (Å²) in [5.74, 6) is 0.232. The Morgan fingerprint density at radius 3 is 2.55 bits per heavy atom. The van der Waals surface area contributed by atoms with Gasteiger partial charge in [-0.25, -0.2) is 0 Å². The summed E-state index contributed by atoms with van der Waals surface area (Å²) in [5.41, 5.74) is 1.72. The molecule has 0 radical (unpaired) electrons. The van der Waals surface area contributed by atoms with Crippen LogP contribution in [-0.2, 0) is 0 Å². The van der Waals surface area contributed by atoms with Gasteiger partial charge in [0.1, 0.15) is 0 Å². The molecule has 0 aliphatic heterocycles. The number of carbonyl (C=O) groups is 1. The Bertz CT molecular complexity index is 654. The van der Waals surface area contributed by atoms with Crippen LogP contribution in [0.5, 0.6) is 0 Å². The molecule has 2 rings (SSSR count). The van der Waals surface area contributed by atoms with Crippen LogP contribution in [0.15, 0.2) is 36.7 Å². The summed E-state index contributed by atoms with van der Waals surface area (Å²) < 4.78 is 0. The van der Waals surface area contributed by atoms with Gasteiger partial charge in [-0.3, -0.25) is 9.78 Å². The normalized spacial score (nSPS) is 10.6. The largest absolute Gasteiger partial charge is 0.352 e. The minimum absolute atomic E-state index is 0.157. The first-order chi connectivity index (χ1) is 10.5. The Hall–Kier alpha value is -1.78. The van der Waals surface area contributed by atoms with Crippen LogP contribution in [0.25, 0.3) is 0 Å². The number of hydrogen-bond donors (Lipinski definition) is 2. The van der Waals surface area contributed by atoms with Crippen LogP contribution in [0, 0.1) is 5.92 Å². The van der Waals surface area contributed by atoms with Crippen molar-refractivity contribution in [3.8, 4) is 0 Å². The molecule has 1 aromatic carbocycles. The van der Waals surface area contributed by atoms with E-state index in [1.807, 2.05) is 13.8 Å². The van der Waals surface area contributed by atoms with Crippen LogP contribution in [-0.4, -0.2) is 17.4 Å². The molecule has 2 N–H and O–H groups in total. The molecular weight excluding hydrogens is 321 g/mol. The first-order valence-electron chi connectivity index (χ1n) is 6.91. The second-order valence-corrected chi connectivity index (χ2v) is 6.10. The van der Waals surface area contributed by atoms with Gasteiger partial charge in [0.25, 0.3) is 5.91 Å². The van der Waals surface area contributed by atoms with E-state index in [-0.39, 0.29) is 5.91 Å². The fourth-order valence-electron chi connectivity index (χ4n) is 1.79. The lowest BCUT2D eigenvalue weighted by Crippen LogP contribution is -2.27. The van der Waals surface area contributed by atoms with Crippen LogP contribution in [0.3, 0.4) is 0 Å². The lowest BCUT2D eigenvalue weighted by Gasteiger charge is -2.11. The number of aromatic nitrogens is 1.